The second kappa shape index (κ2) is 5.58. The molecule has 0 aromatic heterocycles. The minimum absolute atomic E-state index is 0.522. The van der Waals surface area contributed by atoms with Crippen molar-refractivity contribution in [3.8, 4) is 0 Å². The summed E-state index contributed by atoms with van der Waals surface area (Å²) in [5, 5.41) is 0. The Morgan fingerprint density at radius 2 is 1.00 bits per heavy atom. The van der Waals surface area contributed by atoms with Gasteiger partial charge in [-0.3, -0.25) is 0 Å². The van der Waals surface area contributed by atoms with Gasteiger partial charge in [-0.05, 0) is 38.1 Å². The molecule has 104 valence electrons. The van der Waals surface area contributed by atoms with Crippen LogP contribution in [0.3, 0.4) is 0 Å². The van der Waals surface area contributed by atoms with E-state index in [9.17, 15) is 0 Å². The standard InChI is InChI=1S/C18H22N2/c1-15-13-20(18-11-7-4-8-12-18)16(2)14-19(15)17-9-5-3-6-10-17/h3-12,15-16H,13-14H2,1-2H3/t15-,16-/m0/s1. The second-order valence-corrected chi connectivity index (χ2v) is 5.67. The lowest BCUT2D eigenvalue weighted by molar-refractivity contribution is 0.481. The summed E-state index contributed by atoms with van der Waals surface area (Å²) < 4.78 is 0. The molecule has 2 aromatic rings. The van der Waals surface area contributed by atoms with Crippen molar-refractivity contribution in [2.45, 2.75) is 25.9 Å². The molecule has 0 saturated carbocycles. The lowest BCUT2D eigenvalue weighted by atomic mass is 10.1. The zero-order valence-electron chi connectivity index (χ0n) is 12.2. The smallest absolute Gasteiger partial charge is 0.0438 e. The number of nitrogens with zero attached hydrogens (tertiary/aromatic N) is 2. The third-order valence-corrected chi connectivity index (χ3v) is 4.16. The molecule has 20 heavy (non-hydrogen) atoms. The maximum atomic E-state index is 2.52. The van der Waals surface area contributed by atoms with Crippen molar-refractivity contribution in [2.75, 3.05) is 22.9 Å². The van der Waals surface area contributed by atoms with Gasteiger partial charge in [-0.25, -0.2) is 0 Å². The SMILES string of the molecule is C[C@H]1CN(c2ccccc2)[C@@H](C)CN1c1ccccc1. The number of hydrogen-bond acceptors (Lipinski definition) is 2. The van der Waals surface area contributed by atoms with Crippen LogP contribution < -0.4 is 9.80 Å². The van der Waals surface area contributed by atoms with E-state index < -0.39 is 0 Å². The molecule has 0 spiro atoms. The fourth-order valence-electron chi connectivity index (χ4n) is 3.09. The van der Waals surface area contributed by atoms with E-state index >= 15 is 0 Å². The van der Waals surface area contributed by atoms with Crippen LogP contribution >= 0.6 is 0 Å². The van der Waals surface area contributed by atoms with E-state index in [-0.39, 0.29) is 0 Å². The van der Waals surface area contributed by atoms with Crippen LogP contribution in [0.2, 0.25) is 0 Å². The van der Waals surface area contributed by atoms with Gasteiger partial charge in [0, 0.05) is 36.5 Å². The normalized spacial score (nSPS) is 22.9. The molecule has 0 bridgehead atoms. The first-order valence-corrected chi connectivity index (χ1v) is 7.39. The van der Waals surface area contributed by atoms with Crippen molar-refractivity contribution >= 4 is 11.4 Å². The fourth-order valence-corrected chi connectivity index (χ4v) is 3.09. The molecule has 1 aliphatic rings. The van der Waals surface area contributed by atoms with Gasteiger partial charge in [0.2, 0.25) is 0 Å². The summed E-state index contributed by atoms with van der Waals surface area (Å²) in [4.78, 5) is 5.04. The third kappa shape index (κ3) is 2.51. The minimum atomic E-state index is 0.522. The first-order valence-electron chi connectivity index (χ1n) is 7.39. The van der Waals surface area contributed by atoms with Crippen molar-refractivity contribution in [1.82, 2.24) is 0 Å². The summed E-state index contributed by atoms with van der Waals surface area (Å²) in [6.45, 7) is 6.77. The second-order valence-electron chi connectivity index (χ2n) is 5.67. The highest BCUT2D eigenvalue weighted by Crippen LogP contribution is 2.26. The van der Waals surface area contributed by atoms with Crippen molar-refractivity contribution in [3.05, 3.63) is 60.7 Å². The quantitative estimate of drug-likeness (QED) is 0.816. The molecule has 0 N–H and O–H groups in total. The van der Waals surface area contributed by atoms with E-state index in [4.69, 9.17) is 0 Å². The van der Waals surface area contributed by atoms with Gasteiger partial charge in [0.25, 0.3) is 0 Å². The number of para-hydroxylation sites is 2. The lowest BCUT2D eigenvalue weighted by Gasteiger charge is -2.46. The van der Waals surface area contributed by atoms with Crippen LogP contribution in [0, 0.1) is 0 Å². The highest BCUT2D eigenvalue weighted by atomic mass is 15.3. The molecule has 0 radical (unpaired) electrons. The third-order valence-electron chi connectivity index (χ3n) is 4.16. The first-order chi connectivity index (χ1) is 9.75. The summed E-state index contributed by atoms with van der Waals surface area (Å²) in [7, 11) is 0. The molecule has 0 amide bonds. The van der Waals surface area contributed by atoms with Gasteiger partial charge in [0.05, 0.1) is 0 Å². The number of anilines is 2. The van der Waals surface area contributed by atoms with E-state index in [1.54, 1.807) is 0 Å². The van der Waals surface area contributed by atoms with Crippen molar-refractivity contribution in [1.29, 1.82) is 0 Å². The van der Waals surface area contributed by atoms with Crippen LogP contribution in [0.4, 0.5) is 11.4 Å². The zero-order valence-corrected chi connectivity index (χ0v) is 12.2. The predicted molar refractivity (Wildman–Crippen MR) is 86.5 cm³/mol. The summed E-state index contributed by atoms with van der Waals surface area (Å²) in [6.07, 6.45) is 0. The van der Waals surface area contributed by atoms with E-state index in [1.165, 1.54) is 11.4 Å². The van der Waals surface area contributed by atoms with Gasteiger partial charge in [0.15, 0.2) is 0 Å². The van der Waals surface area contributed by atoms with Gasteiger partial charge in [0.1, 0.15) is 0 Å². The summed E-state index contributed by atoms with van der Waals surface area (Å²) >= 11 is 0. The average molecular weight is 266 g/mol. The lowest BCUT2D eigenvalue weighted by Crippen LogP contribution is -2.56. The number of benzene rings is 2. The Bertz CT molecular complexity index is 486. The van der Waals surface area contributed by atoms with Crippen LogP contribution in [0.1, 0.15) is 13.8 Å². The van der Waals surface area contributed by atoms with Crippen LogP contribution in [-0.2, 0) is 0 Å². The molecule has 1 aliphatic heterocycles. The molecular weight excluding hydrogens is 244 g/mol. The van der Waals surface area contributed by atoms with Crippen LogP contribution in [0.25, 0.3) is 0 Å². The van der Waals surface area contributed by atoms with E-state index in [0.29, 0.717) is 12.1 Å². The molecule has 0 aliphatic carbocycles. The minimum Gasteiger partial charge on any atom is -0.365 e. The van der Waals surface area contributed by atoms with Crippen molar-refractivity contribution in [2.24, 2.45) is 0 Å². The van der Waals surface area contributed by atoms with Gasteiger partial charge >= 0.3 is 0 Å². The molecule has 0 unspecified atom stereocenters. The summed E-state index contributed by atoms with van der Waals surface area (Å²) in [5.41, 5.74) is 2.67. The Labute approximate surface area is 121 Å². The van der Waals surface area contributed by atoms with Crippen LogP contribution in [0.5, 0.6) is 0 Å². The zero-order chi connectivity index (χ0) is 13.9. The molecule has 3 rings (SSSR count). The number of rotatable bonds is 2. The largest absolute Gasteiger partial charge is 0.365 e. The maximum Gasteiger partial charge on any atom is 0.0438 e. The highest BCUT2D eigenvalue weighted by Gasteiger charge is 2.28. The van der Waals surface area contributed by atoms with E-state index in [0.717, 1.165) is 13.1 Å². The Hall–Kier alpha value is -1.96. The molecule has 1 fully saturated rings. The Morgan fingerprint density at radius 1 is 0.650 bits per heavy atom. The molecule has 1 saturated heterocycles. The van der Waals surface area contributed by atoms with Gasteiger partial charge in [-0.15, -0.1) is 0 Å². The van der Waals surface area contributed by atoms with E-state index in [2.05, 4.69) is 84.3 Å². The Morgan fingerprint density at radius 3 is 1.35 bits per heavy atom. The van der Waals surface area contributed by atoms with Crippen molar-refractivity contribution < 1.29 is 0 Å². The van der Waals surface area contributed by atoms with Crippen molar-refractivity contribution in [3.63, 3.8) is 0 Å². The Balaban J connectivity index is 1.80. The topological polar surface area (TPSA) is 6.48 Å². The molecular formula is C18H22N2. The monoisotopic (exact) mass is 266 g/mol. The maximum absolute atomic E-state index is 2.52. The first kappa shape index (κ1) is 13.0. The Kier molecular flexibility index (Phi) is 3.64. The highest BCUT2D eigenvalue weighted by molar-refractivity contribution is 5.53. The molecule has 1 heterocycles. The van der Waals surface area contributed by atoms with Crippen LogP contribution in [-0.4, -0.2) is 25.2 Å². The van der Waals surface area contributed by atoms with Gasteiger partial charge in [-0.1, -0.05) is 36.4 Å². The predicted octanol–water partition coefficient (Wildman–Crippen LogP) is 3.79. The fraction of sp³-hybridized carbons (Fsp3) is 0.333. The molecule has 2 aromatic carbocycles. The summed E-state index contributed by atoms with van der Waals surface area (Å²) in [6, 6.07) is 22.5. The molecule has 2 heteroatoms. The molecule has 2 atom stereocenters. The van der Waals surface area contributed by atoms with Gasteiger partial charge < -0.3 is 9.80 Å². The number of hydrogen-bond donors (Lipinski definition) is 0. The average Bonchev–Trinajstić information content (AvgIpc) is 2.51. The number of piperazine rings is 1. The molecule has 2 nitrogen and oxygen atoms in total. The van der Waals surface area contributed by atoms with Gasteiger partial charge in [-0.2, -0.15) is 0 Å². The van der Waals surface area contributed by atoms with Crippen LogP contribution in [0.15, 0.2) is 60.7 Å². The van der Waals surface area contributed by atoms with E-state index in [1.807, 2.05) is 0 Å². The summed E-state index contributed by atoms with van der Waals surface area (Å²) in [5.74, 6) is 0.